The van der Waals surface area contributed by atoms with Crippen LogP contribution >= 0.6 is 11.3 Å². The van der Waals surface area contributed by atoms with Gasteiger partial charge in [-0.2, -0.15) is 4.72 Å². The molecule has 0 spiro atoms. The van der Waals surface area contributed by atoms with Crippen LogP contribution in [-0.2, 0) is 10.0 Å². The molecule has 1 rings (SSSR count). The molecular weight excluding hydrogens is 224 g/mol. The second kappa shape index (κ2) is 3.96. The summed E-state index contributed by atoms with van der Waals surface area (Å²) in [7, 11) is -3.64. The number of aryl methyl sites for hydroxylation is 1. The van der Waals surface area contributed by atoms with Gasteiger partial charge in [-0.3, -0.25) is 4.79 Å². The lowest BCUT2D eigenvalue weighted by atomic mass is 10.6. The predicted molar refractivity (Wildman–Crippen MR) is 53.7 cm³/mol. The maximum atomic E-state index is 11.5. The molecule has 0 radical (unpaired) electrons. The largest absolute Gasteiger partial charge is 0.315 e. The first-order valence-corrected chi connectivity index (χ1v) is 5.90. The molecule has 14 heavy (non-hydrogen) atoms. The van der Waals surface area contributed by atoms with Gasteiger partial charge in [0.15, 0.2) is 4.21 Å². The van der Waals surface area contributed by atoms with Crippen LogP contribution in [0, 0.1) is 19.3 Å². The van der Waals surface area contributed by atoms with Crippen LogP contribution in [0.3, 0.4) is 0 Å². The second-order valence-corrected chi connectivity index (χ2v) is 5.40. The quantitative estimate of drug-likeness (QED) is 0.699. The number of hydrogen-bond acceptors (Lipinski definition) is 4. The zero-order chi connectivity index (χ0) is 10.8. The average molecular weight is 232 g/mol. The highest BCUT2D eigenvalue weighted by atomic mass is 32.2. The van der Waals surface area contributed by atoms with Gasteiger partial charge in [0.2, 0.25) is 0 Å². The van der Waals surface area contributed by atoms with Gasteiger partial charge in [0, 0.05) is 5.69 Å². The van der Waals surface area contributed by atoms with Crippen LogP contribution in [0.5, 0.6) is 0 Å². The summed E-state index contributed by atoms with van der Waals surface area (Å²) in [6.45, 7) is 1.43. The Kier molecular flexibility index (Phi) is 3.10. The molecule has 0 saturated carbocycles. The summed E-state index contributed by atoms with van der Waals surface area (Å²) >= 11 is 0.642. The van der Waals surface area contributed by atoms with E-state index in [-0.39, 0.29) is 10.8 Å². The van der Waals surface area contributed by atoms with E-state index in [1.54, 1.807) is 0 Å². The standard InChI is InChI=1S/C7H8N2O3S2/c1-3-4-8-14(11,12)6-5(2)9-7(10)13-6/h1,8H,4H2,2H3,(H,9,10). The Morgan fingerprint density at radius 2 is 2.29 bits per heavy atom. The number of thiazole rings is 1. The topological polar surface area (TPSA) is 79.0 Å². The van der Waals surface area contributed by atoms with Crippen LogP contribution in [0.2, 0.25) is 0 Å². The first-order valence-electron chi connectivity index (χ1n) is 3.60. The Hall–Kier alpha value is -1.10. The van der Waals surface area contributed by atoms with Gasteiger partial charge in [-0.25, -0.2) is 8.42 Å². The van der Waals surface area contributed by atoms with Crippen molar-refractivity contribution in [2.75, 3.05) is 6.54 Å². The van der Waals surface area contributed by atoms with Gasteiger partial charge in [0.25, 0.3) is 10.0 Å². The highest BCUT2D eigenvalue weighted by Crippen LogP contribution is 2.14. The van der Waals surface area contributed by atoms with E-state index in [4.69, 9.17) is 6.42 Å². The molecule has 5 nitrogen and oxygen atoms in total. The maximum Gasteiger partial charge on any atom is 0.305 e. The summed E-state index contributed by atoms with van der Waals surface area (Å²) < 4.78 is 25.1. The fourth-order valence-corrected chi connectivity index (χ4v) is 3.13. The molecule has 0 fully saturated rings. The van der Waals surface area contributed by atoms with Crippen molar-refractivity contribution in [3.05, 3.63) is 15.4 Å². The van der Waals surface area contributed by atoms with Crippen molar-refractivity contribution in [3.63, 3.8) is 0 Å². The van der Waals surface area contributed by atoms with E-state index < -0.39 is 14.9 Å². The molecule has 0 saturated heterocycles. The minimum absolute atomic E-state index is 0.0160. The van der Waals surface area contributed by atoms with Gasteiger partial charge in [0.05, 0.1) is 6.54 Å². The molecule has 7 heteroatoms. The van der Waals surface area contributed by atoms with Crippen molar-refractivity contribution in [1.29, 1.82) is 0 Å². The molecule has 0 unspecified atom stereocenters. The summed E-state index contributed by atoms with van der Waals surface area (Å²) in [4.78, 5) is 12.8. The number of aromatic nitrogens is 1. The number of rotatable bonds is 3. The molecule has 0 aromatic carbocycles. The Labute approximate surface area is 85.2 Å². The molecule has 0 amide bonds. The first kappa shape index (κ1) is 11.0. The third-order valence-corrected chi connectivity index (χ3v) is 4.40. The van der Waals surface area contributed by atoms with Gasteiger partial charge in [-0.15, -0.1) is 6.42 Å². The Morgan fingerprint density at radius 1 is 1.64 bits per heavy atom. The lowest BCUT2D eigenvalue weighted by molar-refractivity contribution is 0.587. The maximum absolute atomic E-state index is 11.5. The first-order chi connectivity index (χ1) is 6.47. The smallest absolute Gasteiger partial charge is 0.305 e. The van der Waals surface area contributed by atoms with Crippen LogP contribution < -0.4 is 9.60 Å². The summed E-state index contributed by atoms with van der Waals surface area (Å²) in [6, 6.07) is 0. The second-order valence-electron chi connectivity index (χ2n) is 2.46. The normalized spacial score (nSPS) is 11.1. The molecular formula is C7H8N2O3S2. The summed E-state index contributed by atoms with van der Waals surface area (Å²) in [5.74, 6) is 2.15. The Bertz CT molecular complexity index is 518. The van der Waals surface area contributed by atoms with Crippen molar-refractivity contribution in [2.45, 2.75) is 11.1 Å². The van der Waals surface area contributed by atoms with E-state index in [9.17, 15) is 13.2 Å². The van der Waals surface area contributed by atoms with Crippen LogP contribution in [0.25, 0.3) is 0 Å². The van der Waals surface area contributed by atoms with E-state index in [2.05, 4.69) is 15.6 Å². The number of hydrogen-bond donors (Lipinski definition) is 2. The molecule has 1 aromatic rings. The lowest BCUT2D eigenvalue weighted by Gasteiger charge is -2.00. The van der Waals surface area contributed by atoms with E-state index in [0.717, 1.165) is 0 Å². The van der Waals surface area contributed by atoms with Crippen LogP contribution in [0.4, 0.5) is 0 Å². The summed E-state index contributed by atoms with van der Waals surface area (Å²) in [6.07, 6.45) is 4.91. The van der Waals surface area contributed by atoms with Gasteiger partial charge in [0.1, 0.15) is 0 Å². The summed E-state index contributed by atoms with van der Waals surface area (Å²) in [5.41, 5.74) is 0.324. The van der Waals surface area contributed by atoms with Gasteiger partial charge < -0.3 is 4.98 Å². The summed E-state index contributed by atoms with van der Waals surface area (Å²) in [5, 5.41) is 0. The number of sulfonamides is 1. The average Bonchev–Trinajstić information content (AvgIpc) is 2.42. The van der Waals surface area contributed by atoms with E-state index in [1.807, 2.05) is 0 Å². The molecule has 0 bridgehead atoms. The Morgan fingerprint density at radius 3 is 2.71 bits per heavy atom. The third kappa shape index (κ3) is 2.23. The van der Waals surface area contributed by atoms with Crippen molar-refractivity contribution in [2.24, 2.45) is 0 Å². The lowest BCUT2D eigenvalue weighted by Crippen LogP contribution is -2.23. The zero-order valence-electron chi connectivity index (χ0n) is 7.33. The van der Waals surface area contributed by atoms with E-state index in [1.165, 1.54) is 6.92 Å². The van der Waals surface area contributed by atoms with Crippen molar-refractivity contribution >= 4 is 21.4 Å². The van der Waals surface area contributed by atoms with Crippen molar-refractivity contribution < 1.29 is 8.42 Å². The predicted octanol–water partition coefficient (Wildman–Crippen LogP) is -0.344. The third-order valence-electron chi connectivity index (χ3n) is 1.39. The molecule has 1 aromatic heterocycles. The number of terminal acetylenes is 1. The molecule has 0 aliphatic carbocycles. The van der Waals surface area contributed by atoms with Gasteiger partial charge in [-0.05, 0) is 6.92 Å². The Balaban J connectivity index is 3.12. The fraction of sp³-hybridized carbons (Fsp3) is 0.286. The van der Waals surface area contributed by atoms with Crippen LogP contribution in [0.1, 0.15) is 5.69 Å². The van der Waals surface area contributed by atoms with Crippen molar-refractivity contribution in [3.8, 4) is 12.3 Å². The van der Waals surface area contributed by atoms with E-state index >= 15 is 0 Å². The molecule has 0 aliphatic rings. The fourth-order valence-electron chi connectivity index (χ4n) is 0.849. The van der Waals surface area contributed by atoms with Gasteiger partial charge in [-0.1, -0.05) is 17.3 Å². The monoisotopic (exact) mass is 232 g/mol. The van der Waals surface area contributed by atoms with Crippen LogP contribution in [0.15, 0.2) is 9.00 Å². The number of H-pyrrole nitrogens is 1. The van der Waals surface area contributed by atoms with E-state index in [0.29, 0.717) is 17.0 Å². The number of nitrogens with one attached hydrogen (secondary N) is 2. The molecule has 1 heterocycles. The number of aromatic amines is 1. The molecule has 0 atom stereocenters. The molecule has 76 valence electrons. The molecule has 2 N–H and O–H groups in total. The minimum Gasteiger partial charge on any atom is -0.315 e. The van der Waals surface area contributed by atoms with Crippen molar-refractivity contribution in [1.82, 2.24) is 9.71 Å². The molecule has 0 aliphatic heterocycles. The SMILES string of the molecule is C#CCNS(=O)(=O)c1sc(=O)[nH]c1C. The minimum atomic E-state index is -3.64. The van der Waals surface area contributed by atoms with Gasteiger partial charge >= 0.3 is 4.87 Å². The highest BCUT2D eigenvalue weighted by Gasteiger charge is 2.19. The zero-order valence-corrected chi connectivity index (χ0v) is 8.96. The highest BCUT2D eigenvalue weighted by molar-refractivity contribution is 7.91. The van der Waals surface area contributed by atoms with Crippen LogP contribution in [-0.4, -0.2) is 19.9 Å².